The Kier molecular flexibility index (Phi) is 3.18. The number of hydrogen-bond acceptors (Lipinski definition) is 4. The van der Waals surface area contributed by atoms with E-state index in [1.54, 1.807) is 0 Å². The van der Waals surface area contributed by atoms with Crippen LogP contribution in [-0.4, -0.2) is 31.3 Å². The molecule has 0 bridgehead atoms. The van der Waals surface area contributed by atoms with E-state index in [1.165, 1.54) is 32.4 Å². The Hall–Kier alpha value is -1.75. The average Bonchev–Trinajstić information content (AvgIpc) is 2.36. The zero-order chi connectivity index (χ0) is 13.9. The normalized spacial score (nSPS) is 17.7. The number of carboxylic acid groups (broad SMARTS) is 1. The van der Waals surface area contributed by atoms with Crippen molar-refractivity contribution in [3.63, 3.8) is 0 Å². The highest BCUT2D eigenvalue weighted by Crippen LogP contribution is 2.27. The summed E-state index contributed by atoms with van der Waals surface area (Å²) in [7, 11) is 2.89. The van der Waals surface area contributed by atoms with Crippen LogP contribution in [0.4, 0.5) is 0 Å². The molecule has 0 saturated carbocycles. The minimum Gasteiger partial charge on any atom is -0.493 e. The first-order valence-electron chi connectivity index (χ1n) is 5.58. The number of nitrogens with two attached hydrogens (primary N) is 1. The Labute approximate surface area is 96.6 Å². The number of benzene rings is 1. The molecule has 0 spiro atoms. The number of ether oxygens (including phenoxy) is 2. The molecule has 0 radical (unpaired) electrons. The third-order valence-electron chi connectivity index (χ3n) is 1.98. The number of aliphatic carboxylic acids is 1. The van der Waals surface area contributed by atoms with E-state index in [4.69, 9.17) is 23.1 Å². The van der Waals surface area contributed by atoms with Gasteiger partial charge in [0.25, 0.3) is 0 Å². The summed E-state index contributed by atoms with van der Waals surface area (Å²) in [5.41, 5.74) is 5.58. The van der Waals surface area contributed by atoms with Gasteiger partial charge in [-0.05, 0) is 24.1 Å². The molecule has 5 heteroatoms. The van der Waals surface area contributed by atoms with Crippen molar-refractivity contribution < 1.29 is 22.1 Å². The Balaban J connectivity index is 3.15. The largest absolute Gasteiger partial charge is 0.493 e. The number of methoxy groups -OCH3 is 2. The molecule has 5 nitrogen and oxygen atoms in total. The van der Waals surface area contributed by atoms with Crippen LogP contribution in [0.15, 0.2) is 18.2 Å². The molecule has 0 aliphatic heterocycles. The Bertz CT molecular complexity index is 451. The van der Waals surface area contributed by atoms with Gasteiger partial charge in [-0.15, -0.1) is 0 Å². The van der Waals surface area contributed by atoms with Crippen molar-refractivity contribution in [3.05, 3.63) is 23.8 Å². The summed E-state index contributed by atoms with van der Waals surface area (Å²) in [6.45, 7) is 0. The third-order valence-corrected chi connectivity index (χ3v) is 1.98. The quantitative estimate of drug-likeness (QED) is 0.772. The number of rotatable bonds is 5. The maximum Gasteiger partial charge on any atom is 0.320 e. The molecule has 0 fully saturated rings. The molecular formula is C11H15NO4. The lowest BCUT2D eigenvalue weighted by Gasteiger charge is -2.11. The maximum atomic E-state index is 10.8. The van der Waals surface area contributed by atoms with Crippen molar-refractivity contribution in [2.45, 2.75) is 12.4 Å². The zero-order valence-electron chi connectivity index (χ0n) is 11.1. The first-order valence-corrected chi connectivity index (χ1v) is 4.51. The second-order valence-electron chi connectivity index (χ2n) is 3.02. The van der Waals surface area contributed by atoms with E-state index >= 15 is 0 Å². The molecule has 1 aromatic carbocycles. The van der Waals surface area contributed by atoms with Gasteiger partial charge in [0.15, 0.2) is 11.5 Å². The molecular weight excluding hydrogens is 210 g/mol. The summed E-state index contributed by atoms with van der Waals surface area (Å²) >= 11 is 0. The Morgan fingerprint density at radius 3 is 2.69 bits per heavy atom. The molecule has 16 heavy (non-hydrogen) atoms. The van der Waals surface area contributed by atoms with Gasteiger partial charge in [0.1, 0.15) is 6.02 Å². The molecule has 1 rings (SSSR count). The van der Waals surface area contributed by atoms with E-state index in [1.807, 2.05) is 0 Å². The van der Waals surface area contributed by atoms with Gasteiger partial charge in [-0.2, -0.15) is 0 Å². The van der Waals surface area contributed by atoms with Crippen molar-refractivity contribution in [1.82, 2.24) is 0 Å². The van der Waals surface area contributed by atoms with E-state index in [0.717, 1.165) is 0 Å². The SMILES string of the molecule is [2H][C@@H](c1ccc(OC)c(OC)c1)[C@]([2H])(N)C(=O)O. The lowest BCUT2D eigenvalue weighted by Crippen LogP contribution is -2.32. The van der Waals surface area contributed by atoms with Crippen molar-refractivity contribution in [3.8, 4) is 11.5 Å². The average molecular weight is 227 g/mol. The van der Waals surface area contributed by atoms with Crippen LogP contribution >= 0.6 is 0 Å². The molecule has 0 aromatic heterocycles. The lowest BCUT2D eigenvalue weighted by molar-refractivity contribution is -0.138. The minimum atomic E-state index is -2.42. The monoisotopic (exact) mass is 227 g/mol. The minimum absolute atomic E-state index is 0.271. The molecule has 0 amide bonds. The van der Waals surface area contributed by atoms with Gasteiger partial charge < -0.3 is 20.3 Å². The van der Waals surface area contributed by atoms with Crippen LogP contribution < -0.4 is 15.2 Å². The standard InChI is InChI=1S/C11H15NO4/c1-15-9-4-3-7(6-10(9)16-2)5-8(12)11(13)14/h3-4,6,8H,5,12H2,1-2H3,(H,13,14)/t8-/m0/s1/i5D,8D/t5-,8-. The highest BCUT2D eigenvalue weighted by atomic mass is 16.5. The predicted octanol–water partition coefficient (Wildman–Crippen LogP) is 0.658. The van der Waals surface area contributed by atoms with Gasteiger partial charge in [0.2, 0.25) is 0 Å². The highest BCUT2D eigenvalue weighted by molar-refractivity contribution is 5.73. The topological polar surface area (TPSA) is 81.8 Å². The zero-order valence-corrected chi connectivity index (χ0v) is 9.06. The van der Waals surface area contributed by atoms with Crippen molar-refractivity contribution in [1.29, 1.82) is 0 Å². The molecule has 0 saturated heterocycles. The predicted molar refractivity (Wildman–Crippen MR) is 58.9 cm³/mol. The van der Waals surface area contributed by atoms with Crippen LogP contribution in [-0.2, 0) is 11.2 Å². The second kappa shape index (κ2) is 5.37. The summed E-state index contributed by atoms with van der Waals surface area (Å²) in [6.07, 6.45) is -1.44. The van der Waals surface area contributed by atoms with E-state index < -0.39 is 18.4 Å². The van der Waals surface area contributed by atoms with Gasteiger partial charge in [0, 0.05) is 1.37 Å². The lowest BCUT2D eigenvalue weighted by atomic mass is 10.1. The van der Waals surface area contributed by atoms with Gasteiger partial charge in [-0.3, -0.25) is 4.79 Å². The fourth-order valence-corrected chi connectivity index (χ4v) is 1.18. The molecule has 88 valence electrons. The number of hydrogen-bond donors (Lipinski definition) is 2. The maximum absolute atomic E-state index is 10.8. The molecule has 0 aliphatic carbocycles. The molecule has 0 unspecified atom stereocenters. The third kappa shape index (κ3) is 2.87. The van der Waals surface area contributed by atoms with Crippen molar-refractivity contribution in [2.24, 2.45) is 5.73 Å². The van der Waals surface area contributed by atoms with Crippen molar-refractivity contribution >= 4 is 5.97 Å². The van der Waals surface area contributed by atoms with E-state index in [9.17, 15) is 4.79 Å². The smallest absolute Gasteiger partial charge is 0.320 e. The van der Waals surface area contributed by atoms with Crippen LogP contribution in [0.25, 0.3) is 0 Å². The fraction of sp³-hybridized carbons (Fsp3) is 0.364. The van der Waals surface area contributed by atoms with E-state index in [0.29, 0.717) is 11.5 Å². The van der Waals surface area contributed by atoms with Gasteiger partial charge >= 0.3 is 5.97 Å². The van der Waals surface area contributed by atoms with Gasteiger partial charge in [0.05, 0.1) is 15.6 Å². The van der Waals surface area contributed by atoms with Crippen LogP contribution in [0, 0.1) is 0 Å². The first kappa shape index (κ1) is 9.47. The molecule has 0 heterocycles. The second-order valence-corrected chi connectivity index (χ2v) is 3.02. The molecule has 1 aromatic rings. The first-order chi connectivity index (χ1) is 8.34. The van der Waals surface area contributed by atoms with Crippen LogP contribution in [0.5, 0.6) is 11.5 Å². The van der Waals surface area contributed by atoms with Crippen molar-refractivity contribution in [2.75, 3.05) is 14.2 Å². The highest BCUT2D eigenvalue weighted by Gasteiger charge is 2.13. The Morgan fingerprint density at radius 1 is 1.56 bits per heavy atom. The summed E-state index contributed by atoms with van der Waals surface area (Å²) in [5.74, 6) is -0.748. The van der Waals surface area contributed by atoms with E-state index in [2.05, 4.69) is 0 Å². The van der Waals surface area contributed by atoms with Crippen LogP contribution in [0.3, 0.4) is 0 Å². The fourth-order valence-electron chi connectivity index (χ4n) is 1.18. The van der Waals surface area contributed by atoms with Crippen LogP contribution in [0.2, 0.25) is 0 Å². The summed E-state index contributed by atoms with van der Waals surface area (Å²) in [5, 5.41) is 8.81. The number of carbonyl (C=O) groups is 1. The Morgan fingerprint density at radius 2 is 2.19 bits per heavy atom. The van der Waals surface area contributed by atoms with Gasteiger partial charge in [-0.1, -0.05) is 6.07 Å². The van der Waals surface area contributed by atoms with Gasteiger partial charge in [-0.25, -0.2) is 0 Å². The number of carboxylic acids is 1. The molecule has 3 N–H and O–H groups in total. The summed E-state index contributed by atoms with van der Waals surface area (Å²) < 4.78 is 25.3. The summed E-state index contributed by atoms with van der Waals surface area (Å²) in [4.78, 5) is 10.8. The van der Waals surface area contributed by atoms with Crippen LogP contribution in [0.1, 0.15) is 8.30 Å². The summed E-state index contributed by atoms with van der Waals surface area (Å²) in [6, 6.07) is 2.04. The molecule has 2 atom stereocenters. The molecule has 0 aliphatic rings. The van der Waals surface area contributed by atoms with E-state index in [-0.39, 0.29) is 5.56 Å².